The molecule has 0 unspecified atom stereocenters. The Labute approximate surface area is 135 Å². The van der Waals surface area contributed by atoms with Crippen molar-refractivity contribution in [2.45, 2.75) is 52.1 Å². The first kappa shape index (κ1) is 15.5. The van der Waals surface area contributed by atoms with Crippen molar-refractivity contribution in [2.24, 2.45) is 0 Å². The number of hydrogen-bond donors (Lipinski definition) is 2. The third-order valence-electron chi connectivity index (χ3n) is 3.62. The smallest absolute Gasteiger partial charge is 0.413 e. The fourth-order valence-corrected chi connectivity index (χ4v) is 2.61. The Balaban J connectivity index is 1.69. The topological polar surface area (TPSA) is 79.9 Å². The number of amides is 1. The van der Waals surface area contributed by atoms with E-state index in [4.69, 9.17) is 4.74 Å². The maximum Gasteiger partial charge on any atom is 0.413 e. The number of aromatic nitrogens is 3. The number of fused-ring (bicyclic) bond motifs is 1. The maximum absolute atomic E-state index is 11.7. The van der Waals surface area contributed by atoms with Gasteiger partial charge in [0.05, 0.1) is 5.69 Å². The number of hydrogen-bond acceptors (Lipinski definition) is 4. The molecule has 1 aliphatic rings. The van der Waals surface area contributed by atoms with E-state index in [0.717, 1.165) is 24.2 Å². The second-order valence-electron chi connectivity index (χ2n) is 6.78. The van der Waals surface area contributed by atoms with Gasteiger partial charge in [0.1, 0.15) is 17.2 Å². The minimum absolute atomic E-state index is 0.458. The summed E-state index contributed by atoms with van der Waals surface area (Å²) in [6, 6.07) is 3.64. The zero-order valence-corrected chi connectivity index (χ0v) is 13.8. The van der Waals surface area contributed by atoms with Crippen LogP contribution in [0, 0.1) is 0 Å². The van der Waals surface area contributed by atoms with E-state index < -0.39 is 11.7 Å². The van der Waals surface area contributed by atoms with Crippen molar-refractivity contribution in [3.8, 4) is 11.4 Å². The summed E-state index contributed by atoms with van der Waals surface area (Å²) < 4.78 is 5.20. The van der Waals surface area contributed by atoms with Gasteiger partial charge in [-0.25, -0.2) is 14.8 Å². The zero-order valence-electron chi connectivity index (χ0n) is 13.8. The van der Waals surface area contributed by atoms with Gasteiger partial charge in [-0.2, -0.15) is 0 Å². The molecule has 0 saturated carbocycles. The first-order valence-corrected chi connectivity index (χ1v) is 7.95. The van der Waals surface area contributed by atoms with E-state index in [-0.39, 0.29) is 0 Å². The van der Waals surface area contributed by atoms with Crippen LogP contribution in [0.4, 0.5) is 10.6 Å². The van der Waals surface area contributed by atoms with Crippen LogP contribution in [0.5, 0.6) is 0 Å². The van der Waals surface area contributed by atoms with Crippen LogP contribution < -0.4 is 5.32 Å². The van der Waals surface area contributed by atoms with Gasteiger partial charge in [0.15, 0.2) is 0 Å². The Kier molecular flexibility index (Phi) is 4.07. The van der Waals surface area contributed by atoms with Crippen LogP contribution in [0.1, 0.15) is 45.0 Å². The Bertz CT molecular complexity index is 675. The van der Waals surface area contributed by atoms with Crippen LogP contribution >= 0.6 is 0 Å². The average Bonchev–Trinajstić information content (AvgIpc) is 2.89. The Morgan fingerprint density at radius 3 is 2.70 bits per heavy atom. The van der Waals surface area contributed by atoms with Crippen molar-refractivity contribution in [1.82, 2.24) is 15.0 Å². The van der Waals surface area contributed by atoms with Gasteiger partial charge in [-0.05, 0) is 58.6 Å². The standard InChI is InChI=1S/C17H22N4O2/c1-17(2,3)23-16(22)21-14-9-8-11(10-18-14)15-19-12-6-4-5-7-13(12)20-15/h8-10H,4-7H2,1-3H3,(H,19,20)(H,18,21,22). The highest BCUT2D eigenvalue weighted by Gasteiger charge is 2.17. The molecule has 0 saturated heterocycles. The van der Waals surface area contributed by atoms with Gasteiger partial charge in [-0.15, -0.1) is 0 Å². The Morgan fingerprint density at radius 1 is 1.26 bits per heavy atom. The molecule has 122 valence electrons. The van der Waals surface area contributed by atoms with Crippen LogP contribution in [-0.4, -0.2) is 26.6 Å². The van der Waals surface area contributed by atoms with Gasteiger partial charge in [-0.3, -0.25) is 5.32 Å². The van der Waals surface area contributed by atoms with E-state index in [1.165, 1.54) is 24.2 Å². The minimum atomic E-state index is -0.530. The Hall–Kier alpha value is -2.37. The highest BCUT2D eigenvalue weighted by Crippen LogP contribution is 2.24. The molecule has 0 spiro atoms. The number of aromatic amines is 1. The van der Waals surface area contributed by atoms with Gasteiger partial charge in [0.25, 0.3) is 0 Å². The molecule has 0 radical (unpaired) electrons. The molecule has 0 fully saturated rings. The quantitative estimate of drug-likeness (QED) is 0.885. The number of ether oxygens (including phenoxy) is 1. The highest BCUT2D eigenvalue weighted by atomic mass is 16.6. The zero-order chi connectivity index (χ0) is 16.4. The molecule has 2 heterocycles. The van der Waals surface area contributed by atoms with E-state index in [1.807, 2.05) is 26.8 Å². The van der Waals surface area contributed by atoms with E-state index in [9.17, 15) is 4.79 Å². The second-order valence-corrected chi connectivity index (χ2v) is 6.78. The normalized spacial score (nSPS) is 14.2. The molecule has 23 heavy (non-hydrogen) atoms. The lowest BCUT2D eigenvalue weighted by Gasteiger charge is -2.19. The van der Waals surface area contributed by atoms with E-state index in [2.05, 4.69) is 20.3 Å². The van der Waals surface area contributed by atoms with E-state index in [1.54, 1.807) is 12.3 Å². The van der Waals surface area contributed by atoms with Gasteiger partial charge in [0, 0.05) is 17.5 Å². The summed E-state index contributed by atoms with van der Waals surface area (Å²) in [5, 5.41) is 2.62. The number of pyridine rings is 1. The van der Waals surface area contributed by atoms with Crippen molar-refractivity contribution in [3.05, 3.63) is 29.7 Å². The summed E-state index contributed by atoms with van der Waals surface area (Å²) >= 11 is 0. The first-order chi connectivity index (χ1) is 10.9. The van der Waals surface area contributed by atoms with Crippen molar-refractivity contribution >= 4 is 11.9 Å². The number of carbonyl (C=O) groups is 1. The monoisotopic (exact) mass is 314 g/mol. The molecule has 3 rings (SSSR count). The summed E-state index contributed by atoms with van der Waals surface area (Å²) in [5.41, 5.74) is 2.79. The SMILES string of the molecule is CC(C)(C)OC(=O)Nc1ccc(-c2nc3c([nH]2)CCCC3)cn1. The molecule has 0 bridgehead atoms. The lowest BCUT2D eigenvalue weighted by Crippen LogP contribution is -2.27. The van der Waals surface area contributed by atoms with Crippen molar-refractivity contribution in [1.29, 1.82) is 0 Å². The predicted octanol–water partition coefficient (Wildman–Crippen LogP) is 3.70. The molecule has 6 heteroatoms. The molecule has 0 aliphatic heterocycles. The number of aryl methyl sites for hydroxylation is 2. The average molecular weight is 314 g/mol. The molecule has 2 aromatic heterocycles. The number of nitrogens with zero attached hydrogens (tertiary/aromatic N) is 2. The van der Waals surface area contributed by atoms with Crippen LogP contribution in [0.15, 0.2) is 18.3 Å². The molecule has 6 nitrogen and oxygen atoms in total. The van der Waals surface area contributed by atoms with Gasteiger partial charge >= 0.3 is 6.09 Å². The number of carbonyl (C=O) groups excluding carboxylic acids is 1. The number of H-pyrrole nitrogens is 1. The van der Waals surface area contributed by atoms with Gasteiger partial charge in [-0.1, -0.05) is 0 Å². The third-order valence-corrected chi connectivity index (χ3v) is 3.62. The van der Waals surface area contributed by atoms with Gasteiger partial charge in [0.2, 0.25) is 0 Å². The molecule has 1 aliphatic carbocycles. The lowest BCUT2D eigenvalue weighted by molar-refractivity contribution is 0.0635. The fraction of sp³-hybridized carbons (Fsp3) is 0.471. The maximum atomic E-state index is 11.7. The molecule has 1 amide bonds. The molecule has 0 atom stereocenters. The minimum Gasteiger partial charge on any atom is -0.444 e. The van der Waals surface area contributed by atoms with E-state index >= 15 is 0 Å². The molecule has 2 N–H and O–H groups in total. The first-order valence-electron chi connectivity index (χ1n) is 7.95. The fourth-order valence-electron chi connectivity index (χ4n) is 2.61. The van der Waals surface area contributed by atoms with Gasteiger partial charge < -0.3 is 9.72 Å². The summed E-state index contributed by atoms with van der Waals surface area (Å²) in [7, 11) is 0. The lowest BCUT2D eigenvalue weighted by atomic mass is 10.0. The summed E-state index contributed by atoms with van der Waals surface area (Å²) in [5.74, 6) is 1.30. The van der Waals surface area contributed by atoms with Crippen LogP contribution in [0.3, 0.4) is 0 Å². The summed E-state index contributed by atoms with van der Waals surface area (Å²) in [6.07, 6.45) is 5.72. The van der Waals surface area contributed by atoms with Crippen LogP contribution in [0.2, 0.25) is 0 Å². The van der Waals surface area contributed by atoms with Crippen LogP contribution in [0.25, 0.3) is 11.4 Å². The highest BCUT2D eigenvalue weighted by molar-refractivity contribution is 5.83. The molecule has 0 aromatic carbocycles. The molecular formula is C17H22N4O2. The number of rotatable bonds is 2. The number of imidazole rings is 1. The number of nitrogens with one attached hydrogen (secondary N) is 2. The van der Waals surface area contributed by atoms with Crippen molar-refractivity contribution < 1.29 is 9.53 Å². The predicted molar refractivity (Wildman–Crippen MR) is 88.3 cm³/mol. The summed E-state index contributed by atoms with van der Waals surface area (Å²) in [6.45, 7) is 5.46. The van der Waals surface area contributed by atoms with Crippen molar-refractivity contribution in [2.75, 3.05) is 5.32 Å². The van der Waals surface area contributed by atoms with Crippen LogP contribution in [-0.2, 0) is 17.6 Å². The Morgan fingerprint density at radius 2 is 2.04 bits per heavy atom. The molecular weight excluding hydrogens is 292 g/mol. The second kappa shape index (κ2) is 6.02. The van der Waals surface area contributed by atoms with Crippen molar-refractivity contribution in [3.63, 3.8) is 0 Å². The largest absolute Gasteiger partial charge is 0.444 e. The number of anilines is 1. The molecule has 2 aromatic rings. The third kappa shape index (κ3) is 3.88. The summed E-state index contributed by atoms with van der Waals surface area (Å²) in [4.78, 5) is 24.0. The van der Waals surface area contributed by atoms with E-state index in [0.29, 0.717) is 5.82 Å².